The Morgan fingerprint density at radius 2 is 2.13 bits per heavy atom. The number of rotatable bonds is 1. The molecule has 2 rings (SSSR count). The van der Waals surface area contributed by atoms with Gasteiger partial charge in [-0.1, -0.05) is 12.2 Å². The zero-order valence-corrected chi connectivity index (χ0v) is 8.70. The molecular weight excluding hydrogens is 218 g/mol. The third-order valence-corrected chi connectivity index (χ3v) is 2.03. The molecule has 0 atom stereocenters. The van der Waals surface area contributed by atoms with Crippen molar-refractivity contribution in [2.45, 2.75) is 0 Å². The van der Waals surface area contributed by atoms with Gasteiger partial charge in [-0.25, -0.2) is 4.79 Å². The van der Waals surface area contributed by atoms with Gasteiger partial charge in [0.15, 0.2) is 0 Å². The Kier molecular flexibility index (Phi) is 4.84. The van der Waals surface area contributed by atoms with E-state index in [1.54, 1.807) is 12.2 Å². The zero-order chi connectivity index (χ0) is 9.26. The third kappa shape index (κ3) is 2.71. The van der Waals surface area contributed by atoms with Crippen LogP contribution in [0, 0.1) is 0 Å². The molecule has 0 aliphatic carbocycles. The summed E-state index contributed by atoms with van der Waals surface area (Å²) in [6, 6.07) is 0. The van der Waals surface area contributed by atoms with Crippen molar-refractivity contribution in [3.8, 4) is 0 Å². The van der Waals surface area contributed by atoms with Crippen LogP contribution >= 0.6 is 12.4 Å². The Bertz CT molecular complexity index is 369. The number of hydrogen-bond acceptors (Lipinski definition) is 2. The topological polar surface area (TPSA) is 72.0 Å². The first-order chi connectivity index (χ1) is 6.27. The highest BCUT2D eigenvalue weighted by Crippen LogP contribution is 2.19. The minimum Gasteiger partial charge on any atom is -0.478 e. The van der Waals surface area contributed by atoms with Crippen LogP contribution < -0.4 is 0 Å². The summed E-state index contributed by atoms with van der Waals surface area (Å²) < 4.78 is 0. The molecule has 82 valence electrons. The van der Waals surface area contributed by atoms with E-state index in [0.29, 0.717) is 12.1 Å². The largest absolute Gasteiger partial charge is 0.478 e. The molecule has 0 aromatic rings. The number of halogens is 1. The Balaban J connectivity index is 0.000000980. The van der Waals surface area contributed by atoms with Crippen molar-refractivity contribution in [2.75, 3.05) is 6.54 Å². The SMILES string of the molecule is Cl.O.O=C(O)C1=CCN2C=CC=CC2=C1. The number of hydrogen-bond donors (Lipinski definition) is 1. The summed E-state index contributed by atoms with van der Waals surface area (Å²) in [7, 11) is 0. The van der Waals surface area contributed by atoms with E-state index in [0.717, 1.165) is 5.70 Å². The second-order valence-corrected chi connectivity index (χ2v) is 2.89. The number of aliphatic carboxylic acids is 1. The van der Waals surface area contributed by atoms with Gasteiger partial charge in [-0.15, -0.1) is 12.4 Å². The summed E-state index contributed by atoms with van der Waals surface area (Å²) in [6.07, 6.45) is 11.0. The van der Waals surface area contributed by atoms with Crippen LogP contribution in [0.1, 0.15) is 0 Å². The Morgan fingerprint density at radius 3 is 2.80 bits per heavy atom. The van der Waals surface area contributed by atoms with Crippen LogP contribution in [-0.4, -0.2) is 28.0 Å². The van der Waals surface area contributed by atoms with E-state index in [9.17, 15) is 4.79 Å². The molecule has 2 aliphatic rings. The van der Waals surface area contributed by atoms with Crippen LogP contribution in [0.4, 0.5) is 0 Å². The van der Waals surface area contributed by atoms with Crippen molar-refractivity contribution in [3.63, 3.8) is 0 Å². The highest BCUT2D eigenvalue weighted by molar-refractivity contribution is 5.90. The fourth-order valence-corrected chi connectivity index (χ4v) is 1.35. The van der Waals surface area contributed by atoms with E-state index in [-0.39, 0.29) is 17.9 Å². The molecule has 0 aromatic heterocycles. The standard InChI is InChI=1S/C10H9NO2.ClH.H2O/c12-10(13)8-4-6-11-5-2-1-3-9(11)7-8;;/h1-5,7H,6H2,(H,12,13);1H;1H2. The second-order valence-electron chi connectivity index (χ2n) is 2.89. The van der Waals surface area contributed by atoms with Gasteiger partial charge >= 0.3 is 5.97 Å². The number of allylic oxidation sites excluding steroid dienone is 3. The van der Waals surface area contributed by atoms with Crippen LogP contribution in [0.5, 0.6) is 0 Å². The summed E-state index contributed by atoms with van der Waals surface area (Å²) >= 11 is 0. The first-order valence-corrected chi connectivity index (χ1v) is 4.04. The summed E-state index contributed by atoms with van der Waals surface area (Å²) in [4.78, 5) is 12.6. The van der Waals surface area contributed by atoms with Gasteiger partial charge in [0.05, 0.1) is 5.57 Å². The lowest BCUT2D eigenvalue weighted by atomic mass is 10.1. The van der Waals surface area contributed by atoms with Crippen molar-refractivity contribution in [1.29, 1.82) is 0 Å². The van der Waals surface area contributed by atoms with Crippen LogP contribution in [-0.2, 0) is 4.79 Å². The Morgan fingerprint density at radius 1 is 1.40 bits per heavy atom. The summed E-state index contributed by atoms with van der Waals surface area (Å²) in [5, 5.41) is 8.76. The minimum atomic E-state index is -0.866. The maximum atomic E-state index is 10.7. The van der Waals surface area contributed by atoms with E-state index >= 15 is 0 Å². The van der Waals surface area contributed by atoms with Crippen LogP contribution in [0.2, 0.25) is 0 Å². The molecule has 0 unspecified atom stereocenters. The van der Waals surface area contributed by atoms with Gasteiger partial charge in [0.25, 0.3) is 0 Å². The third-order valence-electron chi connectivity index (χ3n) is 2.03. The maximum absolute atomic E-state index is 10.7. The van der Waals surface area contributed by atoms with Gasteiger partial charge in [0.2, 0.25) is 0 Å². The molecule has 0 aromatic carbocycles. The monoisotopic (exact) mass is 229 g/mol. The van der Waals surface area contributed by atoms with Gasteiger partial charge in [0, 0.05) is 18.4 Å². The highest BCUT2D eigenvalue weighted by Gasteiger charge is 2.14. The second kappa shape index (κ2) is 5.38. The minimum absolute atomic E-state index is 0. The number of fused-ring (bicyclic) bond motifs is 1. The molecular formula is C10H12ClNO3. The van der Waals surface area contributed by atoms with Crippen molar-refractivity contribution in [2.24, 2.45) is 0 Å². The fraction of sp³-hybridized carbons (Fsp3) is 0.100. The van der Waals surface area contributed by atoms with Crippen LogP contribution in [0.3, 0.4) is 0 Å². The Hall–Kier alpha value is -1.52. The molecule has 3 N–H and O–H groups in total. The average Bonchev–Trinajstić information content (AvgIpc) is 2.17. The molecule has 0 spiro atoms. The first-order valence-electron chi connectivity index (χ1n) is 4.04. The lowest BCUT2D eigenvalue weighted by Crippen LogP contribution is -2.22. The van der Waals surface area contributed by atoms with Crippen molar-refractivity contribution in [3.05, 3.63) is 47.9 Å². The lowest BCUT2D eigenvalue weighted by Gasteiger charge is -2.25. The molecule has 0 radical (unpaired) electrons. The number of carboxylic acids is 1. The average molecular weight is 230 g/mol. The van der Waals surface area contributed by atoms with Gasteiger partial charge in [-0.3, -0.25) is 0 Å². The summed E-state index contributed by atoms with van der Waals surface area (Å²) in [5.74, 6) is -0.866. The lowest BCUT2D eigenvalue weighted by molar-refractivity contribution is -0.132. The van der Waals surface area contributed by atoms with E-state index in [4.69, 9.17) is 5.11 Å². The van der Waals surface area contributed by atoms with Crippen molar-refractivity contribution < 1.29 is 15.4 Å². The molecule has 0 amide bonds. The fourth-order valence-electron chi connectivity index (χ4n) is 1.35. The van der Waals surface area contributed by atoms with Gasteiger partial charge < -0.3 is 15.5 Å². The summed E-state index contributed by atoms with van der Waals surface area (Å²) in [6.45, 7) is 0.633. The van der Waals surface area contributed by atoms with Gasteiger partial charge in [-0.05, 0) is 18.2 Å². The van der Waals surface area contributed by atoms with E-state index in [2.05, 4.69) is 0 Å². The van der Waals surface area contributed by atoms with Crippen LogP contribution in [0.15, 0.2) is 47.9 Å². The van der Waals surface area contributed by atoms with E-state index in [1.807, 2.05) is 29.3 Å². The van der Waals surface area contributed by atoms with Gasteiger partial charge in [-0.2, -0.15) is 0 Å². The first kappa shape index (κ1) is 13.5. The van der Waals surface area contributed by atoms with Crippen molar-refractivity contribution in [1.82, 2.24) is 4.90 Å². The molecule has 5 heteroatoms. The molecule has 0 saturated heterocycles. The Labute approximate surface area is 93.6 Å². The summed E-state index contributed by atoms with van der Waals surface area (Å²) in [5.41, 5.74) is 1.30. The zero-order valence-electron chi connectivity index (χ0n) is 7.88. The molecule has 0 bridgehead atoms. The number of nitrogens with zero attached hydrogens (tertiary/aromatic N) is 1. The number of carbonyl (C=O) groups is 1. The van der Waals surface area contributed by atoms with Gasteiger partial charge in [0.1, 0.15) is 0 Å². The molecule has 0 fully saturated rings. The van der Waals surface area contributed by atoms with E-state index < -0.39 is 5.97 Å². The molecule has 15 heavy (non-hydrogen) atoms. The predicted octanol–water partition coefficient (Wildman–Crippen LogP) is 0.877. The maximum Gasteiger partial charge on any atom is 0.335 e. The van der Waals surface area contributed by atoms with Crippen LogP contribution in [0.25, 0.3) is 0 Å². The predicted molar refractivity (Wildman–Crippen MR) is 59.6 cm³/mol. The quantitative estimate of drug-likeness (QED) is 0.726. The van der Waals surface area contributed by atoms with Crippen molar-refractivity contribution >= 4 is 18.4 Å². The normalized spacial score (nSPS) is 16.7. The molecule has 2 aliphatic heterocycles. The number of carboxylic acid groups (broad SMARTS) is 1. The highest BCUT2D eigenvalue weighted by atomic mass is 35.5. The molecule has 4 nitrogen and oxygen atoms in total. The van der Waals surface area contributed by atoms with E-state index in [1.165, 1.54) is 0 Å². The smallest absolute Gasteiger partial charge is 0.335 e. The molecule has 2 heterocycles. The molecule has 0 saturated carbocycles.